The number of carbonyl (C=O) groups is 1. The van der Waals surface area contributed by atoms with E-state index in [0.717, 1.165) is 75.7 Å². The van der Waals surface area contributed by atoms with E-state index in [4.69, 9.17) is 4.98 Å². The van der Waals surface area contributed by atoms with Crippen LogP contribution in [0.3, 0.4) is 0 Å². The minimum absolute atomic E-state index is 0.0905. The van der Waals surface area contributed by atoms with Crippen LogP contribution in [-0.4, -0.2) is 58.0 Å². The number of rotatable bonds is 3. The molecular formula is C22H34N4O2. The van der Waals surface area contributed by atoms with Crippen molar-refractivity contribution in [1.29, 1.82) is 0 Å². The molecule has 2 fully saturated rings. The van der Waals surface area contributed by atoms with Crippen molar-refractivity contribution in [3.05, 3.63) is 27.9 Å². The van der Waals surface area contributed by atoms with Crippen molar-refractivity contribution in [2.24, 2.45) is 5.92 Å². The molecule has 2 saturated heterocycles. The third-order valence-electron chi connectivity index (χ3n) is 6.82. The van der Waals surface area contributed by atoms with E-state index in [-0.39, 0.29) is 17.4 Å². The monoisotopic (exact) mass is 386 g/mol. The van der Waals surface area contributed by atoms with Crippen LogP contribution < -0.4 is 5.56 Å². The molecule has 1 atom stereocenters. The van der Waals surface area contributed by atoms with E-state index in [9.17, 15) is 9.59 Å². The van der Waals surface area contributed by atoms with E-state index in [1.807, 2.05) is 9.47 Å². The van der Waals surface area contributed by atoms with Gasteiger partial charge in [-0.25, -0.2) is 4.98 Å². The first-order valence-electron chi connectivity index (χ1n) is 11.2. The first-order valence-corrected chi connectivity index (χ1v) is 11.2. The Labute approximate surface area is 167 Å². The van der Waals surface area contributed by atoms with E-state index in [2.05, 4.69) is 11.8 Å². The lowest BCUT2D eigenvalue weighted by molar-refractivity contribution is -0.134. The summed E-state index contributed by atoms with van der Waals surface area (Å²) in [6, 6.07) is 1.74. The van der Waals surface area contributed by atoms with Crippen molar-refractivity contribution >= 4 is 5.91 Å². The Morgan fingerprint density at radius 2 is 1.89 bits per heavy atom. The second-order valence-electron chi connectivity index (χ2n) is 9.04. The Morgan fingerprint density at radius 3 is 2.71 bits per heavy atom. The Hall–Kier alpha value is -1.69. The maximum atomic E-state index is 12.9. The van der Waals surface area contributed by atoms with Crippen LogP contribution in [-0.2, 0) is 17.8 Å². The molecule has 28 heavy (non-hydrogen) atoms. The van der Waals surface area contributed by atoms with Crippen LogP contribution in [0.5, 0.6) is 0 Å². The Kier molecular flexibility index (Phi) is 6.14. The number of hydrogen-bond donors (Lipinski definition) is 0. The average Bonchev–Trinajstić information content (AvgIpc) is 2.96. The topological polar surface area (TPSA) is 58.4 Å². The molecule has 0 radical (unpaired) electrons. The summed E-state index contributed by atoms with van der Waals surface area (Å²) < 4.78 is 1.86. The van der Waals surface area contributed by atoms with Crippen molar-refractivity contribution in [1.82, 2.24) is 19.4 Å². The maximum Gasteiger partial charge on any atom is 0.253 e. The third-order valence-corrected chi connectivity index (χ3v) is 6.82. The summed E-state index contributed by atoms with van der Waals surface area (Å²) in [5, 5.41) is 0. The molecular weight excluding hydrogens is 352 g/mol. The van der Waals surface area contributed by atoms with Gasteiger partial charge in [0.2, 0.25) is 5.91 Å². The van der Waals surface area contributed by atoms with Gasteiger partial charge in [-0.3, -0.25) is 19.1 Å². The van der Waals surface area contributed by atoms with Crippen molar-refractivity contribution in [2.75, 3.05) is 32.7 Å². The molecule has 0 spiro atoms. The van der Waals surface area contributed by atoms with Crippen molar-refractivity contribution in [2.45, 2.75) is 70.8 Å². The molecule has 6 nitrogen and oxygen atoms in total. The van der Waals surface area contributed by atoms with E-state index in [1.54, 1.807) is 6.07 Å². The highest BCUT2D eigenvalue weighted by atomic mass is 16.2. The molecule has 3 aliphatic rings. The molecule has 4 rings (SSSR count). The van der Waals surface area contributed by atoms with Gasteiger partial charge in [0.1, 0.15) is 5.82 Å². The smallest absolute Gasteiger partial charge is 0.253 e. The summed E-state index contributed by atoms with van der Waals surface area (Å²) in [6.45, 7) is 7.25. The van der Waals surface area contributed by atoms with Gasteiger partial charge in [0, 0.05) is 38.0 Å². The number of nitrogens with zero attached hydrogens (tertiary/aromatic N) is 4. The molecule has 0 aliphatic carbocycles. The fourth-order valence-electron chi connectivity index (χ4n) is 4.90. The second kappa shape index (κ2) is 8.76. The van der Waals surface area contributed by atoms with E-state index < -0.39 is 0 Å². The van der Waals surface area contributed by atoms with Gasteiger partial charge in [-0.05, 0) is 57.5 Å². The van der Waals surface area contributed by atoms with Crippen LogP contribution in [0.4, 0.5) is 0 Å². The van der Waals surface area contributed by atoms with Crippen LogP contribution >= 0.6 is 0 Å². The van der Waals surface area contributed by atoms with Gasteiger partial charge in [0.15, 0.2) is 0 Å². The SMILES string of the molecule is CC1CCN(CC(=O)N2CCC[C@@H](c3cc(=O)n4c(n3)CCCCC4)C2)CC1. The minimum atomic E-state index is 0.0905. The standard InChI is InChI=1S/C22H34N4O2/c1-17-8-12-24(13-9-17)16-22(28)25-10-5-6-18(15-25)19-14-21(27)26-11-4-2-3-7-20(26)23-19/h14,17-18H,2-13,15-16H2,1H3/t18-/m1/s1. The molecule has 4 heterocycles. The normalized spacial score (nSPS) is 24.6. The highest BCUT2D eigenvalue weighted by molar-refractivity contribution is 5.78. The molecule has 3 aliphatic heterocycles. The molecule has 0 unspecified atom stereocenters. The number of amides is 1. The number of fused-ring (bicyclic) bond motifs is 1. The van der Waals surface area contributed by atoms with Gasteiger partial charge in [-0.1, -0.05) is 13.3 Å². The summed E-state index contributed by atoms with van der Waals surface area (Å²) in [5.41, 5.74) is 0.996. The maximum absolute atomic E-state index is 12.9. The molecule has 1 aromatic heterocycles. The van der Waals surface area contributed by atoms with E-state index >= 15 is 0 Å². The van der Waals surface area contributed by atoms with Gasteiger partial charge in [-0.2, -0.15) is 0 Å². The van der Waals surface area contributed by atoms with Gasteiger partial charge in [0.05, 0.1) is 12.2 Å². The van der Waals surface area contributed by atoms with Gasteiger partial charge >= 0.3 is 0 Å². The molecule has 0 aromatic carbocycles. The van der Waals surface area contributed by atoms with Crippen molar-refractivity contribution < 1.29 is 4.79 Å². The molecule has 154 valence electrons. The van der Waals surface area contributed by atoms with Crippen LogP contribution in [0.15, 0.2) is 10.9 Å². The highest BCUT2D eigenvalue weighted by Gasteiger charge is 2.28. The van der Waals surface area contributed by atoms with Crippen molar-refractivity contribution in [3.8, 4) is 0 Å². The third kappa shape index (κ3) is 4.48. The minimum Gasteiger partial charge on any atom is -0.341 e. The first-order chi connectivity index (χ1) is 13.6. The quantitative estimate of drug-likeness (QED) is 0.800. The van der Waals surface area contributed by atoms with Crippen molar-refractivity contribution in [3.63, 3.8) is 0 Å². The summed E-state index contributed by atoms with van der Waals surface area (Å²) in [6.07, 6.45) is 8.63. The number of piperidine rings is 2. The van der Waals surface area contributed by atoms with E-state index in [1.165, 1.54) is 19.3 Å². The fourth-order valence-corrected chi connectivity index (χ4v) is 4.90. The molecule has 1 amide bonds. The van der Waals surface area contributed by atoms with Crippen LogP contribution in [0.2, 0.25) is 0 Å². The zero-order valence-corrected chi connectivity index (χ0v) is 17.2. The summed E-state index contributed by atoms with van der Waals surface area (Å²) in [4.78, 5) is 34.7. The lowest BCUT2D eigenvalue weighted by atomic mass is 9.94. The highest BCUT2D eigenvalue weighted by Crippen LogP contribution is 2.26. The van der Waals surface area contributed by atoms with Crippen LogP contribution in [0.25, 0.3) is 0 Å². The van der Waals surface area contributed by atoms with Gasteiger partial charge in [0.25, 0.3) is 5.56 Å². The Bertz CT molecular complexity index is 751. The summed E-state index contributed by atoms with van der Waals surface area (Å²) >= 11 is 0. The summed E-state index contributed by atoms with van der Waals surface area (Å²) in [7, 11) is 0. The zero-order chi connectivity index (χ0) is 19.5. The first kappa shape index (κ1) is 19.6. The number of hydrogen-bond acceptors (Lipinski definition) is 4. The molecule has 0 bridgehead atoms. The van der Waals surface area contributed by atoms with Crippen LogP contribution in [0.1, 0.15) is 69.3 Å². The average molecular weight is 387 g/mol. The lowest BCUT2D eigenvalue weighted by Crippen LogP contribution is -2.46. The molecule has 0 saturated carbocycles. The number of carbonyl (C=O) groups excluding carboxylic acids is 1. The zero-order valence-electron chi connectivity index (χ0n) is 17.2. The molecule has 0 N–H and O–H groups in total. The van der Waals surface area contributed by atoms with E-state index in [0.29, 0.717) is 13.1 Å². The largest absolute Gasteiger partial charge is 0.341 e. The van der Waals surface area contributed by atoms with Gasteiger partial charge < -0.3 is 4.90 Å². The Balaban J connectivity index is 1.42. The second-order valence-corrected chi connectivity index (χ2v) is 9.04. The number of aryl methyl sites for hydroxylation is 1. The Morgan fingerprint density at radius 1 is 1.07 bits per heavy atom. The number of aromatic nitrogens is 2. The molecule has 6 heteroatoms. The summed E-state index contributed by atoms with van der Waals surface area (Å²) in [5.74, 6) is 2.17. The van der Waals surface area contributed by atoms with Crippen LogP contribution in [0, 0.1) is 5.92 Å². The predicted octanol–water partition coefficient (Wildman–Crippen LogP) is 2.41. The lowest BCUT2D eigenvalue weighted by Gasteiger charge is -2.35. The predicted molar refractivity (Wildman–Crippen MR) is 109 cm³/mol. The number of likely N-dealkylation sites (tertiary alicyclic amines) is 2. The molecule has 1 aromatic rings. The van der Waals surface area contributed by atoms with Gasteiger partial charge in [-0.15, -0.1) is 0 Å². The fraction of sp³-hybridized carbons (Fsp3) is 0.773.